The molecule has 0 saturated heterocycles. The van der Waals surface area contributed by atoms with Crippen LogP contribution in [0, 0.1) is 0 Å². The number of methoxy groups -OCH3 is 1. The summed E-state index contributed by atoms with van der Waals surface area (Å²) in [6.45, 7) is 4.49. The standard InChI is InChI=1S/C20H21N3O3/c1-4-11-26-20-17-10-7-15(12-18(17)22-23(20)2)19(24)21-13-14-5-8-16(25-3)9-6-14/h4-10,12H,1,11,13H2,2-3H3,(H,21,24). The molecular weight excluding hydrogens is 330 g/mol. The highest BCUT2D eigenvalue weighted by molar-refractivity contribution is 5.98. The van der Waals surface area contributed by atoms with Gasteiger partial charge in [0.2, 0.25) is 5.88 Å². The van der Waals surface area contributed by atoms with E-state index in [0.717, 1.165) is 16.7 Å². The molecular formula is C20H21N3O3. The topological polar surface area (TPSA) is 65.4 Å². The Hall–Kier alpha value is -3.28. The Morgan fingerprint density at radius 1 is 1.27 bits per heavy atom. The molecule has 0 atom stereocenters. The van der Waals surface area contributed by atoms with Crippen LogP contribution in [-0.4, -0.2) is 29.4 Å². The third kappa shape index (κ3) is 3.69. The zero-order valence-corrected chi connectivity index (χ0v) is 14.9. The molecule has 1 amide bonds. The van der Waals surface area contributed by atoms with E-state index in [0.29, 0.717) is 30.1 Å². The highest BCUT2D eigenvalue weighted by Gasteiger charge is 2.13. The molecule has 134 valence electrons. The van der Waals surface area contributed by atoms with Crippen LogP contribution in [0.2, 0.25) is 0 Å². The molecule has 0 aliphatic rings. The largest absolute Gasteiger partial charge is 0.497 e. The molecule has 6 heteroatoms. The lowest BCUT2D eigenvalue weighted by Crippen LogP contribution is -2.22. The molecule has 0 bridgehead atoms. The monoisotopic (exact) mass is 351 g/mol. The fourth-order valence-corrected chi connectivity index (χ4v) is 2.65. The molecule has 26 heavy (non-hydrogen) atoms. The minimum absolute atomic E-state index is 0.151. The maximum absolute atomic E-state index is 12.4. The summed E-state index contributed by atoms with van der Waals surface area (Å²) in [6.07, 6.45) is 1.68. The molecule has 3 aromatic rings. The van der Waals surface area contributed by atoms with E-state index in [-0.39, 0.29) is 5.91 Å². The van der Waals surface area contributed by atoms with Crippen LogP contribution >= 0.6 is 0 Å². The van der Waals surface area contributed by atoms with E-state index in [1.807, 2.05) is 37.4 Å². The van der Waals surface area contributed by atoms with E-state index in [2.05, 4.69) is 17.0 Å². The second-order valence-electron chi connectivity index (χ2n) is 5.79. The lowest BCUT2D eigenvalue weighted by molar-refractivity contribution is 0.0951. The lowest BCUT2D eigenvalue weighted by Gasteiger charge is -2.07. The zero-order valence-electron chi connectivity index (χ0n) is 14.9. The third-order valence-electron chi connectivity index (χ3n) is 3.99. The zero-order chi connectivity index (χ0) is 18.5. The Morgan fingerprint density at radius 2 is 2.04 bits per heavy atom. The molecule has 1 N–H and O–H groups in total. The Labute approximate surface area is 152 Å². The summed E-state index contributed by atoms with van der Waals surface area (Å²) < 4.78 is 12.4. The maximum Gasteiger partial charge on any atom is 0.251 e. The fraction of sp³-hybridized carbons (Fsp3) is 0.200. The molecule has 0 aliphatic carbocycles. The van der Waals surface area contributed by atoms with Gasteiger partial charge in [-0.15, -0.1) is 0 Å². The van der Waals surface area contributed by atoms with Gasteiger partial charge in [0, 0.05) is 19.2 Å². The van der Waals surface area contributed by atoms with E-state index in [4.69, 9.17) is 9.47 Å². The van der Waals surface area contributed by atoms with Gasteiger partial charge in [-0.2, -0.15) is 5.10 Å². The van der Waals surface area contributed by atoms with Crippen molar-refractivity contribution in [2.24, 2.45) is 7.05 Å². The Balaban J connectivity index is 1.72. The summed E-state index contributed by atoms with van der Waals surface area (Å²) in [4.78, 5) is 12.4. The second-order valence-corrected chi connectivity index (χ2v) is 5.79. The van der Waals surface area contributed by atoms with Crippen LogP contribution in [0.1, 0.15) is 15.9 Å². The quantitative estimate of drug-likeness (QED) is 0.665. The highest BCUT2D eigenvalue weighted by Crippen LogP contribution is 2.25. The predicted octanol–water partition coefficient (Wildman–Crippen LogP) is 3.08. The van der Waals surface area contributed by atoms with Crippen LogP contribution in [0.4, 0.5) is 0 Å². The van der Waals surface area contributed by atoms with E-state index in [1.54, 1.807) is 30.0 Å². The second kappa shape index (κ2) is 7.74. The third-order valence-corrected chi connectivity index (χ3v) is 3.99. The predicted molar refractivity (Wildman–Crippen MR) is 101 cm³/mol. The number of rotatable bonds is 7. The maximum atomic E-state index is 12.4. The number of ether oxygens (including phenoxy) is 2. The summed E-state index contributed by atoms with van der Waals surface area (Å²) in [5.74, 6) is 1.29. The number of aryl methyl sites for hydroxylation is 1. The van der Waals surface area contributed by atoms with E-state index in [9.17, 15) is 4.79 Å². The fourth-order valence-electron chi connectivity index (χ4n) is 2.65. The molecule has 0 spiro atoms. The van der Waals surface area contributed by atoms with Gasteiger partial charge < -0.3 is 14.8 Å². The Morgan fingerprint density at radius 3 is 2.73 bits per heavy atom. The molecule has 0 unspecified atom stereocenters. The average Bonchev–Trinajstić information content (AvgIpc) is 2.99. The minimum Gasteiger partial charge on any atom is -0.497 e. The summed E-state index contributed by atoms with van der Waals surface area (Å²) in [5.41, 5.74) is 2.27. The number of aromatic nitrogens is 2. The van der Waals surface area contributed by atoms with Crippen molar-refractivity contribution in [2.75, 3.05) is 13.7 Å². The number of hydrogen-bond acceptors (Lipinski definition) is 4. The van der Waals surface area contributed by atoms with Crippen molar-refractivity contribution < 1.29 is 14.3 Å². The van der Waals surface area contributed by atoms with Crippen LogP contribution < -0.4 is 14.8 Å². The van der Waals surface area contributed by atoms with Gasteiger partial charge in [-0.3, -0.25) is 4.79 Å². The summed E-state index contributed by atoms with van der Waals surface area (Å²) in [7, 11) is 3.43. The SMILES string of the molecule is C=CCOc1c2ccc(C(=O)NCc3ccc(OC)cc3)cc2nn1C. The number of fused-ring (bicyclic) bond motifs is 1. The average molecular weight is 351 g/mol. The van der Waals surface area contributed by atoms with Crippen molar-refractivity contribution in [3.05, 3.63) is 66.2 Å². The minimum atomic E-state index is -0.151. The summed E-state index contributed by atoms with van der Waals surface area (Å²) >= 11 is 0. The van der Waals surface area contributed by atoms with Crippen molar-refractivity contribution >= 4 is 16.8 Å². The molecule has 0 saturated carbocycles. The number of amides is 1. The molecule has 1 heterocycles. The van der Waals surface area contributed by atoms with Gasteiger partial charge >= 0.3 is 0 Å². The molecule has 3 rings (SSSR count). The van der Waals surface area contributed by atoms with Crippen molar-refractivity contribution in [1.29, 1.82) is 0 Å². The van der Waals surface area contributed by atoms with Crippen LogP contribution in [0.3, 0.4) is 0 Å². The van der Waals surface area contributed by atoms with Crippen LogP contribution in [-0.2, 0) is 13.6 Å². The molecule has 6 nitrogen and oxygen atoms in total. The first-order chi connectivity index (χ1) is 12.6. The molecule has 2 aromatic carbocycles. The van der Waals surface area contributed by atoms with Gasteiger partial charge in [-0.1, -0.05) is 24.8 Å². The highest BCUT2D eigenvalue weighted by atomic mass is 16.5. The number of carbonyl (C=O) groups excluding carboxylic acids is 1. The normalized spacial score (nSPS) is 10.5. The van der Waals surface area contributed by atoms with Gasteiger partial charge in [-0.05, 0) is 35.9 Å². The van der Waals surface area contributed by atoms with Crippen molar-refractivity contribution in [2.45, 2.75) is 6.54 Å². The van der Waals surface area contributed by atoms with Gasteiger partial charge in [-0.25, -0.2) is 4.68 Å². The van der Waals surface area contributed by atoms with Crippen molar-refractivity contribution in [3.8, 4) is 11.6 Å². The van der Waals surface area contributed by atoms with Gasteiger partial charge in [0.05, 0.1) is 18.0 Å². The number of nitrogens with zero attached hydrogens (tertiary/aromatic N) is 2. The molecule has 0 fully saturated rings. The van der Waals surface area contributed by atoms with Gasteiger partial charge in [0.15, 0.2) is 0 Å². The molecule has 1 aromatic heterocycles. The van der Waals surface area contributed by atoms with E-state index < -0.39 is 0 Å². The number of hydrogen-bond donors (Lipinski definition) is 1. The van der Waals surface area contributed by atoms with Gasteiger partial charge in [0.25, 0.3) is 5.91 Å². The van der Waals surface area contributed by atoms with Crippen molar-refractivity contribution in [3.63, 3.8) is 0 Å². The Bertz CT molecular complexity index is 929. The smallest absolute Gasteiger partial charge is 0.251 e. The lowest BCUT2D eigenvalue weighted by atomic mass is 10.1. The van der Waals surface area contributed by atoms with Crippen molar-refractivity contribution in [1.82, 2.24) is 15.1 Å². The molecule has 0 aliphatic heterocycles. The first kappa shape index (κ1) is 17.5. The first-order valence-electron chi connectivity index (χ1n) is 8.24. The summed E-state index contributed by atoms with van der Waals surface area (Å²) in [5, 5.41) is 8.19. The van der Waals surface area contributed by atoms with Gasteiger partial charge in [0.1, 0.15) is 12.4 Å². The van der Waals surface area contributed by atoms with Crippen LogP contribution in [0.15, 0.2) is 55.1 Å². The van der Waals surface area contributed by atoms with E-state index in [1.165, 1.54) is 0 Å². The van der Waals surface area contributed by atoms with Crippen LogP contribution in [0.5, 0.6) is 11.6 Å². The van der Waals surface area contributed by atoms with Crippen LogP contribution in [0.25, 0.3) is 10.9 Å². The number of nitrogens with one attached hydrogen (secondary N) is 1. The van der Waals surface area contributed by atoms with E-state index >= 15 is 0 Å². The molecule has 0 radical (unpaired) electrons. The summed E-state index contributed by atoms with van der Waals surface area (Å²) in [6, 6.07) is 13.0. The Kier molecular flexibility index (Phi) is 5.22. The number of benzene rings is 2. The number of carbonyl (C=O) groups is 1. The first-order valence-corrected chi connectivity index (χ1v) is 8.24.